The van der Waals surface area contributed by atoms with Crippen molar-refractivity contribution < 1.29 is 57.7 Å². The van der Waals surface area contributed by atoms with Gasteiger partial charge in [0.1, 0.15) is 30.5 Å². The smallest absolute Gasteiger partial charge is 0.338 e. The van der Waals surface area contributed by atoms with Crippen LogP contribution in [0.1, 0.15) is 90.5 Å². The Bertz CT molecular complexity index is 1750. The van der Waals surface area contributed by atoms with Crippen LogP contribution >= 0.6 is 11.8 Å². The number of hydrogen-bond acceptors (Lipinski definition) is 13. The minimum Gasteiger partial charge on any atom is -0.508 e. The van der Waals surface area contributed by atoms with E-state index in [4.69, 9.17) is 19.9 Å². The molecule has 1 aromatic carbocycles. The summed E-state index contributed by atoms with van der Waals surface area (Å²) in [5.41, 5.74) is 6.19. The number of ether oxygens (including phenoxy) is 3. The molecule has 4 rings (SSSR count). The van der Waals surface area contributed by atoms with Crippen LogP contribution in [0.5, 0.6) is 5.75 Å². The van der Waals surface area contributed by atoms with Crippen molar-refractivity contribution >= 4 is 59.2 Å². The number of carbonyl (C=O) groups is 8. The molecule has 0 bridgehead atoms. The first-order valence-electron chi connectivity index (χ1n) is 22.2. The van der Waals surface area contributed by atoms with Gasteiger partial charge in [-0.3, -0.25) is 28.8 Å². The number of phenols is 1. The molecule has 1 unspecified atom stereocenters. The Labute approximate surface area is 378 Å². The molecular formula is C43H66N8O12S. The van der Waals surface area contributed by atoms with Crippen LogP contribution in [0.2, 0.25) is 0 Å². The lowest BCUT2D eigenvalue weighted by atomic mass is 10.0. The maximum Gasteiger partial charge on any atom is 0.338 e. The molecule has 3 aliphatic heterocycles. The molecular weight excluding hydrogens is 853 g/mol. The summed E-state index contributed by atoms with van der Waals surface area (Å²) in [6.45, 7) is 6.05. The third-order valence-corrected chi connectivity index (χ3v) is 12.4. The van der Waals surface area contributed by atoms with Gasteiger partial charge in [0.2, 0.25) is 29.5 Å². The summed E-state index contributed by atoms with van der Waals surface area (Å²) in [6.07, 6.45) is 3.62. The zero-order valence-corrected chi connectivity index (χ0v) is 37.8. The van der Waals surface area contributed by atoms with E-state index >= 15 is 0 Å². The molecule has 10 N–H and O–H groups in total. The fraction of sp³-hybridized carbons (Fsp3) is 0.674. The number of rotatable bonds is 30. The van der Waals surface area contributed by atoms with Crippen LogP contribution in [-0.2, 0) is 54.2 Å². The van der Waals surface area contributed by atoms with Crippen LogP contribution in [0.25, 0.3) is 0 Å². The van der Waals surface area contributed by atoms with Crippen molar-refractivity contribution in [3.63, 3.8) is 0 Å². The standard InChI is InChI=1S/C43H66N8O12S/c1-4-62-42(59)37-36(63-37)41(58)49-29(21-25(2)3)40(57)48-30(22-26-14-16-27(52)17-15-26)39(56)46-19-9-10-20-61-23-34(54)47-28(38(44)55)11-7-8-18-45-33(53)13-6-5-12-32-35-31(24-64-32)50-43(60)51-35/h14-17,25,28-32,35-37,52H,4-13,18-24H2,1-3H3,(H2,44,55)(H,45,53)(H,46,56)(H,47,54)(H,48,57)(H,49,58)(H2,50,51,60)/t28-,29-,30-,31-,32-,35-,36?,37-/m0/s1. The summed E-state index contributed by atoms with van der Waals surface area (Å²) in [4.78, 5) is 100. The normalized spacial score (nSPS) is 21.0. The molecule has 8 atom stereocenters. The first-order chi connectivity index (χ1) is 30.6. The third-order valence-electron chi connectivity index (χ3n) is 10.9. The van der Waals surface area contributed by atoms with Crippen LogP contribution in [0, 0.1) is 5.92 Å². The number of aromatic hydroxyl groups is 1. The highest BCUT2D eigenvalue weighted by molar-refractivity contribution is 8.00. The average molecular weight is 919 g/mol. The summed E-state index contributed by atoms with van der Waals surface area (Å²) in [5.74, 6) is -2.69. The Kier molecular flexibility index (Phi) is 21.4. The molecule has 3 aliphatic rings. The number of phenolic OH excluding ortho intramolecular Hbond substituents is 1. The monoisotopic (exact) mass is 918 g/mol. The van der Waals surface area contributed by atoms with E-state index in [0.717, 1.165) is 25.0 Å². The molecule has 1 aromatic rings. The highest BCUT2D eigenvalue weighted by Gasteiger charge is 2.52. The molecule has 8 amide bonds. The van der Waals surface area contributed by atoms with E-state index in [1.165, 1.54) is 12.1 Å². The van der Waals surface area contributed by atoms with Gasteiger partial charge >= 0.3 is 12.0 Å². The number of urea groups is 1. The highest BCUT2D eigenvalue weighted by atomic mass is 32.2. The second-order valence-electron chi connectivity index (χ2n) is 16.6. The largest absolute Gasteiger partial charge is 0.508 e. The lowest BCUT2D eigenvalue weighted by Gasteiger charge is -2.24. The van der Waals surface area contributed by atoms with Crippen molar-refractivity contribution in [1.82, 2.24) is 37.2 Å². The molecule has 3 saturated heterocycles. The molecule has 0 saturated carbocycles. The second-order valence-corrected chi connectivity index (χ2v) is 17.9. The first kappa shape index (κ1) is 51.5. The van der Waals surface area contributed by atoms with Gasteiger partial charge in [0.15, 0.2) is 12.2 Å². The van der Waals surface area contributed by atoms with Gasteiger partial charge < -0.3 is 62.3 Å². The molecule has 3 fully saturated rings. The Hall–Kier alpha value is -5.15. The maximum absolute atomic E-state index is 13.6. The number of thioether (sulfide) groups is 1. The number of primary amides is 1. The molecule has 20 nitrogen and oxygen atoms in total. The molecule has 64 heavy (non-hydrogen) atoms. The molecule has 21 heteroatoms. The van der Waals surface area contributed by atoms with Gasteiger partial charge in [-0.05, 0) is 81.9 Å². The van der Waals surface area contributed by atoms with Gasteiger partial charge in [-0.15, -0.1) is 0 Å². The fourth-order valence-electron chi connectivity index (χ4n) is 7.44. The van der Waals surface area contributed by atoms with Crippen LogP contribution in [-0.4, -0.2) is 139 Å². The number of carbonyl (C=O) groups excluding carboxylic acids is 8. The zero-order chi connectivity index (χ0) is 46.6. The number of esters is 1. The van der Waals surface area contributed by atoms with E-state index in [9.17, 15) is 43.5 Å². The van der Waals surface area contributed by atoms with E-state index in [2.05, 4.69) is 37.2 Å². The van der Waals surface area contributed by atoms with Crippen molar-refractivity contribution in [2.24, 2.45) is 11.7 Å². The van der Waals surface area contributed by atoms with Crippen LogP contribution in [0.3, 0.4) is 0 Å². The number of nitrogens with one attached hydrogen (secondary N) is 7. The summed E-state index contributed by atoms with van der Waals surface area (Å²) in [5, 5.41) is 29.7. The van der Waals surface area contributed by atoms with Crippen LogP contribution in [0.15, 0.2) is 24.3 Å². The van der Waals surface area contributed by atoms with Gasteiger partial charge in [0, 0.05) is 43.5 Å². The molecule has 0 spiro atoms. The van der Waals surface area contributed by atoms with Gasteiger partial charge in [-0.25, -0.2) is 9.59 Å². The molecule has 356 valence electrons. The van der Waals surface area contributed by atoms with Gasteiger partial charge in [0.05, 0.1) is 18.7 Å². The van der Waals surface area contributed by atoms with Crippen molar-refractivity contribution in [2.45, 2.75) is 139 Å². The molecule has 0 aliphatic carbocycles. The summed E-state index contributed by atoms with van der Waals surface area (Å²) in [7, 11) is 0. The van der Waals surface area contributed by atoms with Gasteiger partial charge in [-0.1, -0.05) is 32.4 Å². The number of epoxide rings is 1. The lowest BCUT2D eigenvalue weighted by Crippen LogP contribution is -2.55. The first-order valence-corrected chi connectivity index (χ1v) is 23.3. The summed E-state index contributed by atoms with van der Waals surface area (Å²) < 4.78 is 15.6. The van der Waals surface area contributed by atoms with Crippen molar-refractivity contribution in [1.29, 1.82) is 0 Å². The van der Waals surface area contributed by atoms with E-state index in [-0.39, 0.29) is 74.9 Å². The number of fused-ring (bicyclic) bond motifs is 1. The Balaban J connectivity index is 1.10. The summed E-state index contributed by atoms with van der Waals surface area (Å²) >= 11 is 1.85. The molecule has 0 aromatic heterocycles. The predicted molar refractivity (Wildman–Crippen MR) is 235 cm³/mol. The quantitative estimate of drug-likeness (QED) is 0.0216. The van der Waals surface area contributed by atoms with Crippen molar-refractivity contribution in [3.8, 4) is 5.75 Å². The van der Waals surface area contributed by atoms with Gasteiger partial charge in [-0.2, -0.15) is 11.8 Å². The summed E-state index contributed by atoms with van der Waals surface area (Å²) in [6, 6.07) is 3.46. The Morgan fingerprint density at radius 1 is 0.859 bits per heavy atom. The maximum atomic E-state index is 13.6. The predicted octanol–water partition coefficient (Wildman–Crippen LogP) is 0.176. The van der Waals surface area contributed by atoms with Crippen LogP contribution < -0.4 is 43.0 Å². The van der Waals surface area contributed by atoms with E-state index in [0.29, 0.717) is 55.9 Å². The molecule has 0 radical (unpaired) electrons. The Morgan fingerprint density at radius 3 is 2.31 bits per heavy atom. The highest BCUT2D eigenvalue weighted by Crippen LogP contribution is 2.33. The van der Waals surface area contributed by atoms with E-state index in [1.807, 2.05) is 25.6 Å². The van der Waals surface area contributed by atoms with Crippen molar-refractivity contribution in [2.75, 3.05) is 38.7 Å². The van der Waals surface area contributed by atoms with Crippen LogP contribution in [0.4, 0.5) is 4.79 Å². The number of nitrogens with two attached hydrogens (primary N) is 1. The molecule has 3 heterocycles. The average Bonchev–Trinajstić information content (AvgIpc) is 3.86. The number of amides is 8. The number of benzene rings is 1. The fourth-order valence-corrected chi connectivity index (χ4v) is 8.98. The Morgan fingerprint density at radius 2 is 1.59 bits per heavy atom. The van der Waals surface area contributed by atoms with E-state index in [1.54, 1.807) is 19.1 Å². The minimum atomic E-state index is -1.08. The number of hydrogen-bond donors (Lipinski definition) is 9. The minimum absolute atomic E-state index is 0.0170. The van der Waals surface area contributed by atoms with Crippen molar-refractivity contribution in [3.05, 3.63) is 29.8 Å². The topological polar surface area (TPSA) is 298 Å². The third kappa shape index (κ3) is 17.8. The van der Waals surface area contributed by atoms with E-state index < -0.39 is 65.8 Å². The number of unbranched alkanes of at least 4 members (excludes halogenated alkanes) is 3. The second kappa shape index (κ2) is 26.6. The zero-order valence-electron chi connectivity index (χ0n) is 36.9. The SMILES string of the molecule is CCOC(=O)[C@H]1OC1C(=O)N[C@@H](CC(C)C)C(=O)N[C@@H](Cc1ccc(O)cc1)C(=O)NCCCCOCC(=O)N[C@@H](CCCCNC(=O)CCCC[C@@H]1SC[C@@H]2NC(=O)N[C@@H]21)C(N)=O. The van der Waals surface area contributed by atoms with Gasteiger partial charge in [0.25, 0.3) is 5.91 Å². The lowest BCUT2D eigenvalue weighted by molar-refractivity contribution is -0.144.